The molecule has 1 atom stereocenters. The second-order valence-corrected chi connectivity index (χ2v) is 9.00. The molecule has 2 rings (SSSR count). The number of hydrogen-bond donors (Lipinski definition) is 2. The molecule has 0 aliphatic carbocycles. The molecule has 0 bridgehead atoms. The summed E-state index contributed by atoms with van der Waals surface area (Å²) in [7, 11) is -4.34. The van der Waals surface area contributed by atoms with Crippen LogP contribution in [-0.4, -0.2) is 32.9 Å². The fourth-order valence-electron chi connectivity index (χ4n) is 2.36. The number of sulfonamides is 1. The van der Waals surface area contributed by atoms with Gasteiger partial charge in [0.15, 0.2) is 6.61 Å². The van der Waals surface area contributed by atoms with E-state index in [2.05, 4.69) is 10.0 Å². The molecular weight excluding hydrogens is 458 g/mol. The summed E-state index contributed by atoms with van der Waals surface area (Å²) in [5.41, 5.74) is 0.228. The van der Waals surface area contributed by atoms with E-state index in [9.17, 15) is 22.4 Å². The van der Waals surface area contributed by atoms with Crippen LogP contribution in [0.1, 0.15) is 13.8 Å². The fraction of sp³-hybridized carbons (Fsp3) is 0.263. The van der Waals surface area contributed by atoms with E-state index in [1.54, 1.807) is 19.9 Å². The zero-order valence-electron chi connectivity index (χ0n) is 16.0. The van der Waals surface area contributed by atoms with Crippen molar-refractivity contribution < 1.29 is 27.1 Å². The minimum atomic E-state index is -4.34. The summed E-state index contributed by atoms with van der Waals surface area (Å²) >= 11 is 11.8. The van der Waals surface area contributed by atoms with Crippen LogP contribution in [0.25, 0.3) is 0 Å². The molecule has 0 fully saturated rings. The predicted octanol–water partition coefficient (Wildman–Crippen LogP) is 3.62. The first-order valence-corrected chi connectivity index (χ1v) is 10.9. The van der Waals surface area contributed by atoms with Crippen molar-refractivity contribution in [1.29, 1.82) is 0 Å². The van der Waals surface area contributed by atoms with E-state index in [1.807, 2.05) is 0 Å². The first-order valence-electron chi connectivity index (χ1n) is 8.70. The normalized spacial score (nSPS) is 12.5. The highest BCUT2D eigenvalue weighted by molar-refractivity contribution is 7.89. The van der Waals surface area contributed by atoms with Crippen LogP contribution in [0.3, 0.4) is 0 Å². The first-order chi connectivity index (χ1) is 14.0. The summed E-state index contributed by atoms with van der Waals surface area (Å²) < 4.78 is 45.8. The van der Waals surface area contributed by atoms with Gasteiger partial charge in [0.05, 0.1) is 15.7 Å². The second kappa shape index (κ2) is 10.2. The van der Waals surface area contributed by atoms with Gasteiger partial charge in [-0.25, -0.2) is 12.8 Å². The van der Waals surface area contributed by atoms with E-state index in [1.165, 1.54) is 24.3 Å². The standard InChI is InChI=1S/C19H19Cl2FN2O5S/c1-11(2)18(24-30(27,28)15-9-4-3-7-13(15)22)19(26)29-10-16(25)23-14-8-5-6-12(20)17(14)21/h3-9,11,18,24H,10H2,1-2H3,(H,23,25)/t18-/m0/s1. The molecule has 0 radical (unpaired) electrons. The Hall–Kier alpha value is -2.20. The number of benzene rings is 2. The summed E-state index contributed by atoms with van der Waals surface area (Å²) in [6.07, 6.45) is 0. The van der Waals surface area contributed by atoms with Gasteiger partial charge in [0.25, 0.3) is 5.91 Å². The van der Waals surface area contributed by atoms with Crippen LogP contribution in [0, 0.1) is 11.7 Å². The highest BCUT2D eigenvalue weighted by Gasteiger charge is 2.31. The molecule has 30 heavy (non-hydrogen) atoms. The number of nitrogens with one attached hydrogen (secondary N) is 2. The average molecular weight is 477 g/mol. The largest absolute Gasteiger partial charge is 0.454 e. The maximum atomic E-state index is 13.9. The zero-order valence-corrected chi connectivity index (χ0v) is 18.3. The first kappa shape index (κ1) is 24.1. The highest BCUT2D eigenvalue weighted by Crippen LogP contribution is 2.29. The lowest BCUT2D eigenvalue weighted by Gasteiger charge is -2.21. The zero-order chi connectivity index (χ0) is 22.5. The summed E-state index contributed by atoms with van der Waals surface area (Å²) in [4.78, 5) is 23.8. The number of carbonyl (C=O) groups excluding carboxylic acids is 2. The maximum absolute atomic E-state index is 13.9. The molecule has 0 unspecified atom stereocenters. The van der Waals surface area contributed by atoms with Gasteiger partial charge in [-0.1, -0.05) is 55.2 Å². The van der Waals surface area contributed by atoms with E-state index in [4.69, 9.17) is 27.9 Å². The molecule has 2 aromatic rings. The molecule has 0 aliphatic heterocycles. The molecular formula is C19H19Cl2FN2O5S. The van der Waals surface area contributed by atoms with Crippen molar-refractivity contribution in [3.8, 4) is 0 Å². The lowest BCUT2D eigenvalue weighted by molar-refractivity contribution is -0.150. The van der Waals surface area contributed by atoms with Crippen LogP contribution in [-0.2, 0) is 24.3 Å². The third-order valence-electron chi connectivity index (χ3n) is 3.90. The Kier molecular flexibility index (Phi) is 8.19. The van der Waals surface area contributed by atoms with Crippen molar-refractivity contribution in [2.75, 3.05) is 11.9 Å². The molecule has 2 N–H and O–H groups in total. The summed E-state index contributed by atoms with van der Waals surface area (Å²) in [5.74, 6) is -3.19. The van der Waals surface area contributed by atoms with Crippen LogP contribution in [0.15, 0.2) is 47.4 Å². The predicted molar refractivity (Wildman–Crippen MR) is 111 cm³/mol. The quantitative estimate of drug-likeness (QED) is 0.566. The highest BCUT2D eigenvalue weighted by atomic mass is 35.5. The molecule has 0 spiro atoms. The topological polar surface area (TPSA) is 102 Å². The van der Waals surface area contributed by atoms with Crippen molar-refractivity contribution in [1.82, 2.24) is 4.72 Å². The molecule has 7 nitrogen and oxygen atoms in total. The Morgan fingerprint density at radius 2 is 1.77 bits per heavy atom. The smallest absolute Gasteiger partial charge is 0.324 e. The van der Waals surface area contributed by atoms with E-state index in [-0.39, 0.29) is 15.7 Å². The van der Waals surface area contributed by atoms with Gasteiger partial charge in [-0.15, -0.1) is 0 Å². The molecule has 0 aromatic heterocycles. The van der Waals surface area contributed by atoms with Crippen molar-refractivity contribution in [3.05, 3.63) is 58.3 Å². The number of halogens is 3. The number of anilines is 1. The Bertz CT molecular complexity index is 1050. The number of ether oxygens (including phenoxy) is 1. The van der Waals surface area contributed by atoms with E-state index >= 15 is 0 Å². The Balaban J connectivity index is 2.04. The van der Waals surface area contributed by atoms with E-state index < -0.39 is 51.2 Å². The number of esters is 1. The van der Waals surface area contributed by atoms with Crippen molar-refractivity contribution in [2.45, 2.75) is 24.8 Å². The monoisotopic (exact) mass is 476 g/mol. The Morgan fingerprint density at radius 1 is 1.10 bits per heavy atom. The third-order valence-corrected chi connectivity index (χ3v) is 6.19. The lowest BCUT2D eigenvalue weighted by Crippen LogP contribution is -2.46. The van der Waals surface area contributed by atoms with Crippen LogP contribution < -0.4 is 10.0 Å². The fourth-order valence-corrected chi connectivity index (χ4v) is 4.12. The molecule has 162 valence electrons. The van der Waals surface area contributed by atoms with E-state index in [0.717, 1.165) is 12.1 Å². The minimum absolute atomic E-state index is 0.122. The number of hydrogen-bond acceptors (Lipinski definition) is 5. The molecule has 2 aromatic carbocycles. The molecule has 0 saturated carbocycles. The van der Waals surface area contributed by atoms with Crippen molar-refractivity contribution in [2.24, 2.45) is 5.92 Å². The Morgan fingerprint density at radius 3 is 2.40 bits per heavy atom. The van der Waals surface area contributed by atoms with Crippen LogP contribution >= 0.6 is 23.2 Å². The number of amides is 1. The molecule has 0 saturated heterocycles. The SMILES string of the molecule is CC(C)[C@H](NS(=O)(=O)c1ccccc1F)C(=O)OCC(=O)Nc1cccc(Cl)c1Cl. The van der Waals surface area contributed by atoms with Gasteiger partial charge in [0.1, 0.15) is 16.8 Å². The van der Waals surface area contributed by atoms with Crippen molar-refractivity contribution in [3.63, 3.8) is 0 Å². The summed E-state index contributed by atoms with van der Waals surface area (Å²) in [6.45, 7) is 2.45. The summed E-state index contributed by atoms with van der Waals surface area (Å²) in [6, 6.07) is 8.03. The van der Waals surface area contributed by atoms with Gasteiger partial charge < -0.3 is 10.1 Å². The van der Waals surface area contributed by atoms with Gasteiger partial charge in [0.2, 0.25) is 10.0 Å². The summed E-state index contributed by atoms with van der Waals surface area (Å²) in [5, 5.41) is 2.79. The van der Waals surface area contributed by atoms with E-state index in [0.29, 0.717) is 0 Å². The second-order valence-electron chi connectivity index (χ2n) is 6.53. The van der Waals surface area contributed by atoms with Crippen molar-refractivity contribution >= 4 is 50.8 Å². The molecule has 0 aliphatic rings. The molecule has 1 amide bonds. The number of rotatable bonds is 8. The molecule has 0 heterocycles. The van der Waals surface area contributed by atoms with Crippen LogP contribution in [0.4, 0.5) is 10.1 Å². The van der Waals surface area contributed by atoms with Crippen LogP contribution in [0.2, 0.25) is 10.0 Å². The Labute approximate surface area is 183 Å². The van der Waals surface area contributed by atoms with Gasteiger partial charge in [-0.2, -0.15) is 4.72 Å². The third kappa shape index (κ3) is 6.15. The van der Waals surface area contributed by atoms with Gasteiger partial charge in [-0.05, 0) is 30.2 Å². The molecule has 11 heteroatoms. The average Bonchev–Trinajstić information content (AvgIpc) is 2.68. The number of carbonyl (C=O) groups is 2. The van der Waals surface area contributed by atoms with Gasteiger partial charge >= 0.3 is 5.97 Å². The maximum Gasteiger partial charge on any atom is 0.324 e. The lowest BCUT2D eigenvalue weighted by atomic mass is 10.1. The van der Waals surface area contributed by atoms with Gasteiger partial charge in [0, 0.05) is 0 Å². The van der Waals surface area contributed by atoms with Crippen LogP contribution in [0.5, 0.6) is 0 Å². The minimum Gasteiger partial charge on any atom is -0.454 e. The van der Waals surface area contributed by atoms with Gasteiger partial charge in [-0.3, -0.25) is 9.59 Å².